The van der Waals surface area contributed by atoms with Gasteiger partial charge in [0, 0.05) is 13.1 Å². The van der Waals surface area contributed by atoms with Crippen molar-refractivity contribution >= 4 is 39.8 Å². The fourth-order valence-electron chi connectivity index (χ4n) is 2.49. The van der Waals surface area contributed by atoms with Gasteiger partial charge in [0.25, 0.3) is 0 Å². The molecule has 148 valence electrons. The molecule has 2 rings (SSSR count). The maximum atomic E-state index is 12.2. The minimum Gasteiger partial charge on any atom is -0.357 e. The van der Waals surface area contributed by atoms with Crippen LogP contribution in [0.5, 0.6) is 0 Å². The van der Waals surface area contributed by atoms with Crippen molar-refractivity contribution in [2.75, 3.05) is 18.8 Å². The van der Waals surface area contributed by atoms with Crippen molar-refractivity contribution < 1.29 is 8.42 Å². The molecule has 0 saturated heterocycles. The molecule has 0 amide bonds. The van der Waals surface area contributed by atoms with Gasteiger partial charge in [0.2, 0.25) is 0 Å². The smallest absolute Gasteiger partial charge is 0.191 e. The number of nitrogens with zero attached hydrogens (tertiary/aromatic N) is 1. The Morgan fingerprint density at radius 3 is 2.11 bits per heavy atom. The predicted molar refractivity (Wildman–Crippen MR) is 123 cm³/mol. The van der Waals surface area contributed by atoms with E-state index in [-0.39, 0.29) is 35.5 Å². The Morgan fingerprint density at radius 1 is 0.926 bits per heavy atom. The number of hydrogen-bond donors (Lipinski definition) is 2. The van der Waals surface area contributed by atoms with Gasteiger partial charge in [0.1, 0.15) is 0 Å². The van der Waals surface area contributed by atoms with Crippen LogP contribution in [0.25, 0.3) is 0 Å². The highest BCUT2D eigenvalue weighted by Crippen LogP contribution is 2.07. The van der Waals surface area contributed by atoms with Gasteiger partial charge in [0.05, 0.1) is 18.1 Å². The van der Waals surface area contributed by atoms with E-state index < -0.39 is 9.84 Å². The van der Waals surface area contributed by atoms with E-state index in [4.69, 9.17) is 0 Å². The summed E-state index contributed by atoms with van der Waals surface area (Å²) in [7, 11) is -3.10. The van der Waals surface area contributed by atoms with Gasteiger partial charge in [-0.3, -0.25) is 0 Å². The molecule has 27 heavy (non-hydrogen) atoms. The molecule has 2 N–H and O–H groups in total. The second kappa shape index (κ2) is 12.7. The zero-order chi connectivity index (χ0) is 18.7. The van der Waals surface area contributed by atoms with Gasteiger partial charge in [-0.2, -0.15) is 0 Å². The maximum absolute atomic E-state index is 12.2. The van der Waals surface area contributed by atoms with Crippen LogP contribution in [0.15, 0.2) is 65.7 Å². The van der Waals surface area contributed by atoms with Crippen LogP contribution in [0.2, 0.25) is 0 Å². The lowest BCUT2D eigenvalue weighted by Gasteiger charge is -2.11. The summed E-state index contributed by atoms with van der Waals surface area (Å²) in [6, 6.07) is 19.3. The SMILES string of the molecule is CCNC(=NCc1ccccc1)NCCCS(=O)(=O)Cc1ccccc1.I. The molecule has 5 nitrogen and oxygen atoms in total. The molecule has 0 aliphatic rings. The third-order valence-electron chi connectivity index (χ3n) is 3.76. The molecule has 0 saturated carbocycles. The lowest BCUT2D eigenvalue weighted by atomic mass is 10.2. The maximum Gasteiger partial charge on any atom is 0.191 e. The molecule has 2 aromatic carbocycles. The summed E-state index contributed by atoms with van der Waals surface area (Å²) in [5, 5.41) is 6.38. The van der Waals surface area contributed by atoms with E-state index in [1.54, 1.807) is 0 Å². The van der Waals surface area contributed by atoms with Crippen molar-refractivity contribution in [1.82, 2.24) is 10.6 Å². The minimum absolute atomic E-state index is 0. The van der Waals surface area contributed by atoms with Crippen LogP contribution in [0.3, 0.4) is 0 Å². The van der Waals surface area contributed by atoms with Crippen LogP contribution in [0.1, 0.15) is 24.5 Å². The van der Waals surface area contributed by atoms with E-state index in [1.807, 2.05) is 67.6 Å². The first-order valence-corrected chi connectivity index (χ1v) is 10.7. The minimum atomic E-state index is -3.10. The first kappa shape index (κ1) is 23.4. The molecular formula is C20H28IN3O2S. The molecular weight excluding hydrogens is 473 g/mol. The molecule has 0 radical (unpaired) electrons. The molecule has 2 aromatic rings. The van der Waals surface area contributed by atoms with E-state index >= 15 is 0 Å². The molecule has 0 atom stereocenters. The van der Waals surface area contributed by atoms with Gasteiger partial charge in [0.15, 0.2) is 15.8 Å². The summed E-state index contributed by atoms with van der Waals surface area (Å²) < 4.78 is 24.4. The summed E-state index contributed by atoms with van der Waals surface area (Å²) in [6.07, 6.45) is 0.547. The molecule has 0 aromatic heterocycles. The van der Waals surface area contributed by atoms with Gasteiger partial charge in [-0.1, -0.05) is 60.7 Å². The molecule has 7 heteroatoms. The van der Waals surface area contributed by atoms with Crippen molar-refractivity contribution in [3.8, 4) is 0 Å². The summed E-state index contributed by atoms with van der Waals surface area (Å²) in [6.45, 7) is 3.91. The van der Waals surface area contributed by atoms with Gasteiger partial charge in [-0.05, 0) is 24.5 Å². The van der Waals surface area contributed by atoms with Crippen molar-refractivity contribution in [2.24, 2.45) is 4.99 Å². The molecule has 0 bridgehead atoms. The largest absolute Gasteiger partial charge is 0.357 e. The van der Waals surface area contributed by atoms with E-state index in [0.717, 1.165) is 17.7 Å². The Bertz CT molecular complexity index is 781. The standard InChI is InChI=1S/C20H27N3O2S.HI/c1-2-21-20(23-16-18-10-5-3-6-11-18)22-14-9-15-26(24,25)17-19-12-7-4-8-13-19;/h3-8,10-13H,2,9,14-17H2,1H3,(H2,21,22,23);1H. The Labute approximate surface area is 179 Å². The lowest BCUT2D eigenvalue weighted by molar-refractivity contribution is 0.591. The molecule has 0 aliphatic carbocycles. The van der Waals surface area contributed by atoms with Crippen LogP contribution in [0, 0.1) is 0 Å². The monoisotopic (exact) mass is 501 g/mol. The van der Waals surface area contributed by atoms with Crippen LogP contribution >= 0.6 is 24.0 Å². The highest BCUT2D eigenvalue weighted by Gasteiger charge is 2.11. The number of aliphatic imine (C=N–C) groups is 1. The fourth-order valence-corrected chi connectivity index (χ4v) is 3.92. The normalized spacial score (nSPS) is 11.5. The zero-order valence-electron chi connectivity index (χ0n) is 15.6. The van der Waals surface area contributed by atoms with Crippen LogP contribution in [-0.2, 0) is 22.1 Å². The first-order valence-electron chi connectivity index (χ1n) is 8.89. The van der Waals surface area contributed by atoms with Gasteiger partial charge in [-0.25, -0.2) is 13.4 Å². The number of hydrogen-bond acceptors (Lipinski definition) is 3. The van der Waals surface area contributed by atoms with E-state index in [2.05, 4.69) is 15.6 Å². The Hall–Kier alpha value is -1.61. The summed E-state index contributed by atoms with van der Waals surface area (Å²) >= 11 is 0. The van der Waals surface area contributed by atoms with E-state index in [9.17, 15) is 8.42 Å². The topological polar surface area (TPSA) is 70.6 Å². The van der Waals surface area contributed by atoms with Crippen molar-refractivity contribution in [3.05, 3.63) is 71.8 Å². The van der Waals surface area contributed by atoms with Crippen molar-refractivity contribution in [3.63, 3.8) is 0 Å². The molecule has 0 fully saturated rings. The second-order valence-corrected chi connectivity index (χ2v) is 8.22. The first-order chi connectivity index (χ1) is 12.6. The van der Waals surface area contributed by atoms with Crippen molar-refractivity contribution in [2.45, 2.75) is 25.6 Å². The number of nitrogens with one attached hydrogen (secondary N) is 2. The summed E-state index contributed by atoms with van der Waals surface area (Å²) in [5.41, 5.74) is 1.97. The molecule has 0 heterocycles. The highest BCUT2D eigenvalue weighted by atomic mass is 127. The third-order valence-corrected chi connectivity index (χ3v) is 5.44. The van der Waals surface area contributed by atoms with Crippen LogP contribution in [0.4, 0.5) is 0 Å². The van der Waals surface area contributed by atoms with Gasteiger partial charge in [-0.15, -0.1) is 24.0 Å². The number of halogens is 1. The average Bonchev–Trinajstić information content (AvgIpc) is 2.64. The summed E-state index contributed by atoms with van der Waals surface area (Å²) in [5.74, 6) is 0.958. The molecule has 0 aliphatic heterocycles. The Kier molecular flexibility index (Phi) is 11.0. The second-order valence-electron chi connectivity index (χ2n) is 6.04. The molecule has 0 unspecified atom stereocenters. The summed E-state index contributed by atoms with van der Waals surface area (Å²) in [4.78, 5) is 4.53. The van der Waals surface area contributed by atoms with Gasteiger partial charge < -0.3 is 10.6 Å². The number of sulfone groups is 1. The fraction of sp³-hybridized carbons (Fsp3) is 0.350. The van der Waals surface area contributed by atoms with Gasteiger partial charge >= 0.3 is 0 Å². The Morgan fingerprint density at radius 2 is 1.52 bits per heavy atom. The number of guanidine groups is 1. The van der Waals surface area contributed by atoms with Crippen LogP contribution < -0.4 is 10.6 Å². The lowest BCUT2D eigenvalue weighted by Crippen LogP contribution is -2.38. The number of benzene rings is 2. The Balaban J connectivity index is 0.00000364. The van der Waals surface area contributed by atoms with E-state index in [1.165, 1.54) is 0 Å². The third kappa shape index (κ3) is 9.76. The highest BCUT2D eigenvalue weighted by molar-refractivity contribution is 14.0. The number of rotatable bonds is 9. The van der Waals surface area contributed by atoms with Crippen LogP contribution in [-0.4, -0.2) is 33.2 Å². The zero-order valence-corrected chi connectivity index (χ0v) is 18.7. The molecule has 0 spiro atoms. The average molecular weight is 501 g/mol. The quantitative estimate of drug-likeness (QED) is 0.239. The predicted octanol–water partition coefficient (Wildman–Crippen LogP) is 3.36. The van der Waals surface area contributed by atoms with E-state index in [0.29, 0.717) is 25.5 Å². The van der Waals surface area contributed by atoms with Crippen molar-refractivity contribution in [1.29, 1.82) is 0 Å².